The number of nitrogens with one attached hydrogen (secondary N) is 2. The van der Waals surface area contributed by atoms with Gasteiger partial charge in [-0.05, 0) is 25.0 Å². The Morgan fingerprint density at radius 2 is 2.00 bits per heavy atom. The van der Waals surface area contributed by atoms with Crippen molar-refractivity contribution in [1.82, 2.24) is 10.6 Å². The van der Waals surface area contributed by atoms with E-state index in [-0.39, 0.29) is 0 Å². The summed E-state index contributed by atoms with van der Waals surface area (Å²) in [6.45, 7) is 7.25. The summed E-state index contributed by atoms with van der Waals surface area (Å²) in [6.07, 6.45) is 3.19. The normalized spacial score (nSPS) is 11.4. The molecular weight excluding hydrogens is 290 g/mol. The standard InChI is InChI=1S/C18H31N3O2/c1-5-6-10-20-18(19-3)21-14-16-9-8-15(2)13-17(16)23-12-7-11-22-4/h8-9,13H,5-7,10-12,14H2,1-4H3,(H2,19,20,21). The lowest BCUT2D eigenvalue weighted by atomic mass is 10.1. The minimum absolute atomic E-state index is 0.660. The molecule has 23 heavy (non-hydrogen) atoms. The highest BCUT2D eigenvalue weighted by Gasteiger charge is 2.06. The summed E-state index contributed by atoms with van der Waals surface area (Å²) in [4.78, 5) is 4.25. The van der Waals surface area contributed by atoms with Crippen LogP contribution in [-0.2, 0) is 11.3 Å². The number of guanidine groups is 1. The molecule has 0 heterocycles. The molecule has 0 aliphatic carbocycles. The molecule has 0 atom stereocenters. The molecule has 130 valence electrons. The van der Waals surface area contributed by atoms with E-state index < -0.39 is 0 Å². The summed E-state index contributed by atoms with van der Waals surface area (Å²) in [5.41, 5.74) is 2.33. The van der Waals surface area contributed by atoms with Crippen molar-refractivity contribution < 1.29 is 9.47 Å². The zero-order chi connectivity index (χ0) is 16.9. The quantitative estimate of drug-likeness (QED) is 0.395. The maximum Gasteiger partial charge on any atom is 0.191 e. The average molecular weight is 321 g/mol. The van der Waals surface area contributed by atoms with E-state index in [9.17, 15) is 0 Å². The van der Waals surface area contributed by atoms with Crippen LogP contribution >= 0.6 is 0 Å². The highest BCUT2D eigenvalue weighted by molar-refractivity contribution is 5.79. The number of methoxy groups -OCH3 is 1. The SMILES string of the molecule is CCCCNC(=NC)NCc1ccc(C)cc1OCCCOC. The summed E-state index contributed by atoms with van der Waals surface area (Å²) in [7, 11) is 3.50. The Balaban J connectivity index is 2.57. The van der Waals surface area contributed by atoms with Gasteiger partial charge >= 0.3 is 0 Å². The fraction of sp³-hybridized carbons (Fsp3) is 0.611. The first-order chi connectivity index (χ1) is 11.2. The first kappa shape index (κ1) is 19.3. The molecule has 0 unspecified atom stereocenters. The van der Waals surface area contributed by atoms with Gasteiger partial charge in [-0.2, -0.15) is 0 Å². The van der Waals surface area contributed by atoms with Crippen molar-refractivity contribution in [2.75, 3.05) is 33.9 Å². The number of ether oxygens (including phenoxy) is 2. The molecular formula is C18H31N3O2. The molecule has 0 spiro atoms. The number of rotatable bonds is 10. The van der Waals surface area contributed by atoms with E-state index >= 15 is 0 Å². The number of unbranched alkanes of at least 4 members (excludes halogenated alkanes) is 1. The Labute approximate surface area is 140 Å². The Morgan fingerprint density at radius 3 is 2.70 bits per heavy atom. The second-order valence-electron chi connectivity index (χ2n) is 5.51. The van der Waals surface area contributed by atoms with Gasteiger partial charge in [0, 0.05) is 45.8 Å². The van der Waals surface area contributed by atoms with Crippen molar-refractivity contribution in [3.63, 3.8) is 0 Å². The summed E-state index contributed by atoms with van der Waals surface area (Å²) < 4.78 is 11.0. The van der Waals surface area contributed by atoms with Gasteiger partial charge in [0.15, 0.2) is 5.96 Å². The van der Waals surface area contributed by atoms with E-state index in [0.717, 1.165) is 36.7 Å². The van der Waals surface area contributed by atoms with E-state index in [1.54, 1.807) is 14.2 Å². The van der Waals surface area contributed by atoms with Crippen LogP contribution < -0.4 is 15.4 Å². The average Bonchev–Trinajstić information content (AvgIpc) is 2.56. The predicted molar refractivity (Wildman–Crippen MR) is 96.3 cm³/mol. The van der Waals surface area contributed by atoms with Gasteiger partial charge in [-0.15, -0.1) is 0 Å². The van der Waals surface area contributed by atoms with Gasteiger partial charge in [0.2, 0.25) is 0 Å². The number of hydrogen-bond acceptors (Lipinski definition) is 3. The molecule has 0 aromatic heterocycles. The Morgan fingerprint density at radius 1 is 1.17 bits per heavy atom. The van der Waals surface area contributed by atoms with Gasteiger partial charge in [-0.1, -0.05) is 25.5 Å². The molecule has 1 aromatic rings. The smallest absolute Gasteiger partial charge is 0.191 e. The second-order valence-corrected chi connectivity index (χ2v) is 5.51. The Kier molecular flexibility index (Phi) is 9.87. The molecule has 2 N–H and O–H groups in total. The molecule has 0 aliphatic rings. The second kappa shape index (κ2) is 11.8. The Bertz CT molecular complexity index is 475. The maximum atomic E-state index is 5.90. The highest BCUT2D eigenvalue weighted by Crippen LogP contribution is 2.20. The van der Waals surface area contributed by atoms with E-state index in [4.69, 9.17) is 9.47 Å². The first-order valence-corrected chi connectivity index (χ1v) is 8.37. The van der Waals surface area contributed by atoms with Crippen molar-refractivity contribution in [2.45, 2.75) is 39.7 Å². The van der Waals surface area contributed by atoms with Gasteiger partial charge < -0.3 is 20.1 Å². The summed E-state index contributed by atoms with van der Waals surface area (Å²) in [5.74, 6) is 1.75. The molecule has 0 radical (unpaired) electrons. The fourth-order valence-corrected chi connectivity index (χ4v) is 2.11. The number of nitrogens with zero attached hydrogens (tertiary/aromatic N) is 1. The van der Waals surface area contributed by atoms with Crippen LogP contribution in [0.5, 0.6) is 5.75 Å². The van der Waals surface area contributed by atoms with Crippen LogP contribution in [0, 0.1) is 6.92 Å². The lowest BCUT2D eigenvalue weighted by Gasteiger charge is -2.15. The number of hydrogen-bond donors (Lipinski definition) is 2. The first-order valence-electron chi connectivity index (χ1n) is 8.37. The van der Waals surface area contributed by atoms with E-state index in [1.807, 2.05) is 0 Å². The molecule has 1 aromatic carbocycles. The third kappa shape index (κ3) is 7.88. The van der Waals surface area contributed by atoms with Crippen LogP contribution in [0.2, 0.25) is 0 Å². The minimum atomic E-state index is 0.660. The van der Waals surface area contributed by atoms with Gasteiger partial charge in [0.1, 0.15) is 5.75 Å². The maximum absolute atomic E-state index is 5.90. The lowest BCUT2D eigenvalue weighted by molar-refractivity contribution is 0.172. The van der Waals surface area contributed by atoms with Crippen molar-refractivity contribution >= 4 is 5.96 Å². The van der Waals surface area contributed by atoms with E-state index in [1.165, 1.54) is 12.0 Å². The summed E-state index contributed by atoms with van der Waals surface area (Å²) in [5, 5.41) is 6.65. The fourth-order valence-electron chi connectivity index (χ4n) is 2.11. The molecule has 0 aliphatic heterocycles. The molecule has 5 heteroatoms. The van der Waals surface area contributed by atoms with Crippen LogP contribution in [0.25, 0.3) is 0 Å². The summed E-state index contributed by atoms with van der Waals surface area (Å²) >= 11 is 0. The van der Waals surface area contributed by atoms with Crippen LogP contribution in [0.1, 0.15) is 37.3 Å². The van der Waals surface area contributed by atoms with Crippen molar-refractivity contribution in [3.8, 4) is 5.75 Å². The third-order valence-electron chi connectivity index (χ3n) is 3.47. The molecule has 0 saturated carbocycles. The van der Waals surface area contributed by atoms with Gasteiger partial charge in [-0.3, -0.25) is 4.99 Å². The van der Waals surface area contributed by atoms with Gasteiger partial charge in [0.25, 0.3) is 0 Å². The molecule has 0 saturated heterocycles. The van der Waals surface area contributed by atoms with Crippen molar-refractivity contribution in [2.24, 2.45) is 4.99 Å². The van der Waals surface area contributed by atoms with Crippen LogP contribution in [0.3, 0.4) is 0 Å². The number of aryl methyl sites for hydroxylation is 1. The lowest BCUT2D eigenvalue weighted by Crippen LogP contribution is -2.37. The van der Waals surface area contributed by atoms with Crippen LogP contribution in [0.15, 0.2) is 23.2 Å². The zero-order valence-corrected chi connectivity index (χ0v) is 14.9. The molecule has 0 bridgehead atoms. The Hall–Kier alpha value is -1.75. The number of benzene rings is 1. The molecule has 0 fully saturated rings. The molecule has 1 rings (SSSR count). The van der Waals surface area contributed by atoms with Gasteiger partial charge in [-0.25, -0.2) is 0 Å². The highest BCUT2D eigenvalue weighted by atomic mass is 16.5. The van der Waals surface area contributed by atoms with Gasteiger partial charge in [0.05, 0.1) is 6.61 Å². The van der Waals surface area contributed by atoms with E-state index in [0.29, 0.717) is 19.8 Å². The van der Waals surface area contributed by atoms with Crippen molar-refractivity contribution in [1.29, 1.82) is 0 Å². The minimum Gasteiger partial charge on any atom is -0.493 e. The predicted octanol–water partition coefficient (Wildman–Crippen LogP) is 2.88. The largest absolute Gasteiger partial charge is 0.493 e. The summed E-state index contributed by atoms with van der Waals surface area (Å²) in [6, 6.07) is 6.29. The molecule has 5 nitrogen and oxygen atoms in total. The third-order valence-corrected chi connectivity index (χ3v) is 3.47. The van der Waals surface area contributed by atoms with E-state index in [2.05, 4.69) is 47.7 Å². The number of aliphatic imine (C=N–C) groups is 1. The monoisotopic (exact) mass is 321 g/mol. The van der Waals surface area contributed by atoms with Crippen LogP contribution in [0.4, 0.5) is 0 Å². The van der Waals surface area contributed by atoms with Crippen LogP contribution in [-0.4, -0.2) is 39.9 Å². The van der Waals surface area contributed by atoms with Crippen molar-refractivity contribution in [3.05, 3.63) is 29.3 Å². The zero-order valence-electron chi connectivity index (χ0n) is 14.9. The topological polar surface area (TPSA) is 54.9 Å². The molecule has 0 amide bonds.